The number of amides is 1. The number of nitrogens with one attached hydrogen (secondary N) is 1. The van der Waals surface area contributed by atoms with Gasteiger partial charge in [-0.2, -0.15) is 0 Å². The topological polar surface area (TPSA) is 64.4 Å². The summed E-state index contributed by atoms with van der Waals surface area (Å²) in [4.78, 5) is 11.8. The van der Waals surface area contributed by atoms with E-state index in [4.69, 9.17) is 10.5 Å². The molecule has 4 nitrogen and oxygen atoms in total. The molecule has 5 heteroatoms. The summed E-state index contributed by atoms with van der Waals surface area (Å²) in [6.07, 6.45) is 0. The van der Waals surface area contributed by atoms with Crippen molar-refractivity contribution in [2.75, 3.05) is 11.9 Å². The summed E-state index contributed by atoms with van der Waals surface area (Å²) >= 11 is 1.72. The van der Waals surface area contributed by atoms with Crippen molar-refractivity contribution in [1.82, 2.24) is 0 Å². The van der Waals surface area contributed by atoms with Gasteiger partial charge in [-0.05, 0) is 35.7 Å². The third kappa shape index (κ3) is 3.78. The lowest BCUT2D eigenvalue weighted by atomic mass is 10.3. The molecule has 0 saturated heterocycles. The number of thiophene rings is 1. The SMILES string of the molecule is NC(=O)COc1ccc(NCc2cccs2)cc1. The van der Waals surface area contributed by atoms with Gasteiger partial charge in [0.15, 0.2) is 6.61 Å². The van der Waals surface area contributed by atoms with Crippen molar-refractivity contribution in [3.63, 3.8) is 0 Å². The zero-order valence-corrected chi connectivity index (χ0v) is 10.6. The molecule has 0 aliphatic heterocycles. The molecule has 3 N–H and O–H groups in total. The highest BCUT2D eigenvalue weighted by molar-refractivity contribution is 7.09. The summed E-state index contributed by atoms with van der Waals surface area (Å²) < 4.78 is 5.17. The highest BCUT2D eigenvalue weighted by Crippen LogP contribution is 2.17. The van der Waals surface area contributed by atoms with Crippen LogP contribution in [-0.4, -0.2) is 12.5 Å². The van der Waals surface area contributed by atoms with Gasteiger partial charge in [0.05, 0.1) is 0 Å². The van der Waals surface area contributed by atoms with Crippen molar-refractivity contribution in [3.05, 3.63) is 46.7 Å². The molecule has 0 radical (unpaired) electrons. The molecule has 2 rings (SSSR count). The van der Waals surface area contributed by atoms with Crippen molar-refractivity contribution in [2.45, 2.75) is 6.54 Å². The quantitative estimate of drug-likeness (QED) is 0.839. The Morgan fingerprint density at radius 1 is 1.28 bits per heavy atom. The first-order chi connectivity index (χ1) is 8.74. The van der Waals surface area contributed by atoms with E-state index in [9.17, 15) is 4.79 Å². The maximum absolute atomic E-state index is 10.6. The Labute approximate surface area is 109 Å². The van der Waals surface area contributed by atoms with Crippen LogP contribution in [0.1, 0.15) is 4.88 Å². The largest absolute Gasteiger partial charge is 0.484 e. The summed E-state index contributed by atoms with van der Waals surface area (Å²) in [7, 11) is 0. The molecule has 2 aromatic rings. The van der Waals surface area contributed by atoms with E-state index in [-0.39, 0.29) is 6.61 Å². The van der Waals surface area contributed by atoms with Crippen LogP contribution in [0.5, 0.6) is 5.75 Å². The highest BCUT2D eigenvalue weighted by atomic mass is 32.1. The van der Waals surface area contributed by atoms with Gasteiger partial charge in [-0.15, -0.1) is 11.3 Å². The first kappa shape index (κ1) is 12.4. The number of hydrogen-bond donors (Lipinski definition) is 2. The smallest absolute Gasteiger partial charge is 0.255 e. The van der Waals surface area contributed by atoms with Crippen molar-refractivity contribution >= 4 is 22.9 Å². The van der Waals surface area contributed by atoms with Crippen LogP contribution in [0.15, 0.2) is 41.8 Å². The lowest BCUT2D eigenvalue weighted by Crippen LogP contribution is -2.19. The zero-order valence-electron chi connectivity index (χ0n) is 9.76. The summed E-state index contributed by atoms with van der Waals surface area (Å²) in [5.74, 6) is 0.158. The fourth-order valence-electron chi connectivity index (χ4n) is 1.43. The number of ether oxygens (including phenoxy) is 1. The van der Waals surface area contributed by atoms with E-state index in [0.29, 0.717) is 5.75 Å². The average Bonchev–Trinajstić information content (AvgIpc) is 2.88. The predicted octanol–water partition coefficient (Wildman–Crippen LogP) is 2.22. The molecule has 1 aromatic carbocycles. The Bertz CT molecular complexity index is 494. The molecule has 0 bridgehead atoms. The van der Waals surface area contributed by atoms with Gasteiger partial charge in [0.2, 0.25) is 0 Å². The highest BCUT2D eigenvalue weighted by Gasteiger charge is 1.98. The van der Waals surface area contributed by atoms with Gasteiger partial charge < -0.3 is 15.8 Å². The molecule has 1 aromatic heterocycles. The molecular weight excluding hydrogens is 248 g/mol. The second kappa shape index (κ2) is 6.07. The summed E-state index contributed by atoms with van der Waals surface area (Å²) in [6, 6.07) is 11.5. The third-order valence-electron chi connectivity index (χ3n) is 2.28. The van der Waals surface area contributed by atoms with E-state index in [1.165, 1.54) is 4.88 Å². The van der Waals surface area contributed by atoms with E-state index < -0.39 is 5.91 Å². The Morgan fingerprint density at radius 2 is 2.06 bits per heavy atom. The molecule has 0 unspecified atom stereocenters. The summed E-state index contributed by atoms with van der Waals surface area (Å²) in [5, 5.41) is 5.36. The number of anilines is 1. The number of primary amides is 1. The second-order valence-corrected chi connectivity index (χ2v) is 4.74. The standard InChI is InChI=1S/C13H14N2O2S/c14-13(16)9-17-11-5-3-10(4-6-11)15-8-12-2-1-7-18-12/h1-7,15H,8-9H2,(H2,14,16). The molecule has 0 spiro atoms. The molecule has 0 aliphatic rings. The fraction of sp³-hybridized carbons (Fsp3) is 0.154. The van der Waals surface area contributed by atoms with Gasteiger partial charge >= 0.3 is 0 Å². The van der Waals surface area contributed by atoms with E-state index in [0.717, 1.165) is 12.2 Å². The van der Waals surface area contributed by atoms with Crippen LogP contribution < -0.4 is 15.8 Å². The normalized spacial score (nSPS) is 10.0. The van der Waals surface area contributed by atoms with Crippen molar-refractivity contribution in [2.24, 2.45) is 5.73 Å². The molecule has 94 valence electrons. The Morgan fingerprint density at radius 3 is 2.67 bits per heavy atom. The van der Waals surface area contributed by atoms with Gasteiger partial charge in [-0.1, -0.05) is 6.07 Å². The van der Waals surface area contributed by atoms with E-state index in [2.05, 4.69) is 16.8 Å². The third-order valence-corrected chi connectivity index (χ3v) is 3.16. The van der Waals surface area contributed by atoms with Crippen LogP contribution in [0, 0.1) is 0 Å². The van der Waals surface area contributed by atoms with Gasteiger partial charge in [0.1, 0.15) is 5.75 Å². The number of benzene rings is 1. The van der Waals surface area contributed by atoms with Gasteiger partial charge in [0.25, 0.3) is 5.91 Å². The van der Waals surface area contributed by atoms with Crippen LogP contribution >= 0.6 is 11.3 Å². The molecule has 18 heavy (non-hydrogen) atoms. The zero-order chi connectivity index (χ0) is 12.8. The lowest BCUT2D eigenvalue weighted by Gasteiger charge is -2.07. The van der Waals surface area contributed by atoms with Crippen LogP contribution in [0.2, 0.25) is 0 Å². The monoisotopic (exact) mass is 262 g/mol. The van der Waals surface area contributed by atoms with Crippen molar-refractivity contribution in [3.8, 4) is 5.75 Å². The molecule has 0 aliphatic carbocycles. The summed E-state index contributed by atoms with van der Waals surface area (Å²) in [6.45, 7) is 0.709. The molecule has 0 atom stereocenters. The van der Waals surface area contributed by atoms with Gasteiger partial charge in [0, 0.05) is 17.1 Å². The predicted molar refractivity (Wildman–Crippen MR) is 72.8 cm³/mol. The van der Waals surface area contributed by atoms with Crippen LogP contribution in [0.25, 0.3) is 0 Å². The van der Waals surface area contributed by atoms with Crippen LogP contribution in [0.4, 0.5) is 5.69 Å². The second-order valence-electron chi connectivity index (χ2n) is 3.71. The lowest BCUT2D eigenvalue weighted by molar-refractivity contribution is -0.119. The van der Waals surface area contributed by atoms with E-state index >= 15 is 0 Å². The number of hydrogen-bond acceptors (Lipinski definition) is 4. The van der Waals surface area contributed by atoms with Gasteiger partial charge in [-0.3, -0.25) is 4.79 Å². The molecule has 1 heterocycles. The first-order valence-electron chi connectivity index (χ1n) is 5.51. The fourth-order valence-corrected chi connectivity index (χ4v) is 2.07. The van der Waals surface area contributed by atoms with Crippen molar-refractivity contribution < 1.29 is 9.53 Å². The Kier molecular flexibility index (Phi) is 4.20. The number of carbonyl (C=O) groups excluding carboxylic acids is 1. The minimum atomic E-state index is -0.477. The molecular formula is C13H14N2O2S. The van der Waals surface area contributed by atoms with Gasteiger partial charge in [-0.25, -0.2) is 0 Å². The average molecular weight is 262 g/mol. The first-order valence-corrected chi connectivity index (χ1v) is 6.39. The molecule has 1 amide bonds. The maximum atomic E-state index is 10.6. The maximum Gasteiger partial charge on any atom is 0.255 e. The minimum absolute atomic E-state index is 0.0953. The number of rotatable bonds is 6. The minimum Gasteiger partial charge on any atom is -0.484 e. The molecule has 0 fully saturated rings. The van der Waals surface area contributed by atoms with Crippen LogP contribution in [0.3, 0.4) is 0 Å². The van der Waals surface area contributed by atoms with Crippen molar-refractivity contribution in [1.29, 1.82) is 0 Å². The van der Waals surface area contributed by atoms with E-state index in [1.54, 1.807) is 23.5 Å². The van der Waals surface area contributed by atoms with E-state index in [1.807, 2.05) is 18.2 Å². The number of carbonyl (C=O) groups is 1. The van der Waals surface area contributed by atoms with Crippen LogP contribution in [-0.2, 0) is 11.3 Å². The Hall–Kier alpha value is -2.01. The number of nitrogens with two attached hydrogens (primary N) is 1. The Balaban J connectivity index is 1.85. The molecule has 0 saturated carbocycles. The summed E-state index contributed by atoms with van der Waals surface area (Å²) in [5.41, 5.74) is 6.01.